The first kappa shape index (κ1) is 17.3. The number of benzene rings is 1. The fraction of sp³-hybridized carbons (Fsp3) is 0.529. The van der Waals surface area contributed by atoms with Gasteiger partial charge in [-0.25, -0.2) is 4.79 Å². The van der Waals surface area contributed by atoms with E-state index in [2.05, 4.69) is 5.32 Å². The van der Waals surface area contributed by atoms with Gasteiger partial charge in [-0.2, -0.15) is 0 Å². The molecule has 0 radical (unpaired) electrons. The van der Waals surface area contributed by atoms with E-state index in [-0.39, 0.29) is 12.1 Å². The van der Waals surface area contributed by atoms with Gasteiger partial charge in [0, 0.05) is 24.5 Å². The number of methoxy groups -OCH3 is 1. The number of carboxylic acid groups (broad SMARTS) is 1. The largest absolute Gasteiger partial charge is 0.465 e. The van der Waals surface area contributed by atoms with Crippen LogP contribution in [0, 0.1) is 0 Å². The average molecular weight is 320 g/mol. The maximum atomic E-state index is 11.5. The number of hydrogen-bond acceptors (Lipinski definition) is 3. The monoisotopic (exact) mass is 320 g/mol. The normalized spacial score (nSPS) is 22.2. The summed E-state index contributed by atoms with van der Waals surface area (Å²) in [5, 5.41) is 11.9. The predicted octanol–water partition coefficient (Wildman–Crippen LogP) is 2.05. The minimum atomic E-state index is -1.07. The number of hydrogen-bond donors (Lipinski definition) is 3. The molecule has 2 atom stereocenters. The Bertz CT molecular complexity index is 611. The molecule has 0 spiro atoms. The van der Waals surface area contributed by atoms with Gasteiger partial charge in [-0.1, -0.05) is 19.9 Å². The molecule has 6 heteroatoms. The number of nitrogens with one attached hydrogen (secondary N) is 1. The van der Waals surface area contributed by atoms with E-state index in [0.717, 1.165) is 24.0 Å². The van der Waals surface area contributed by atoms with E-state index in [0.29, 0.717) is 12.0 Å². The summed E-state index contributed by atoms with van der Waals surface area (Å²) in [7, 11) is 1.60. The Morgan fingerprint density at radius 2 is 2.04 bits per heavy atom. The van der Waals surface area contributed by atoms with E-state index >= 15 is 0 Å². The van der Waals surface area contributed by atoms with Gasteiger partial charge in [0.05, 0.1) is 12.1 Å². The van der Waals surface area contributed by atoms with E-state index in [1.165, 1.54) is 0 Å². The van der Waals surface area contributed by atoms with Gasteiger partial charge in [0.25, 0.3) is 0 Å². The average Bonchev–Trinajstić information content (AvgIpc) is 2.53. The maximum absolute atomic E-state index is 11.5. The third kappa shape index (κ3) is 2.91. The Morgan fingerprint density at radius 3 is 2.52 bits per heavy atom. The Labute approximate surface area is 136 Å². The van der Waals surface area contributed by atoms with Crippen LogP contribution in [0.5, 0.6) is 0 Å². The first-order valence-corrected chi connectivity index (χ1v) is 7.85. The van der Waals surface area contributed by atoms with E-state index in [1.807, 2.05) is 26.0 Å². The first-order chi connectivity index (χ1) is 10.9. The molecule has 1 aliphatic carbocycles. The molecule has 0 unspecified atom stereocenters. The van der Waals surface area contributed by atoms with Crippen molar-refractivity contribution in [3.63, 3.8) is 0 Å². The Kier molecular flexibility index (Phi) is 4.94. The van der Waals surface area contributed by atoms with Crippen molar-refractivity contribution >= 4 is 12.0 Å². The standard InChI is InChI=1S/C17H24N2O4/c1-4-17(5-2)12-8-11(15(18)20)7-6-10(12)9-13(23-3)14(17)19-16(21)22/h6-8,13-14,19H,4-5,9H2,1-3H3,(H2,18,20)(H,21,22)/t13-,14-/m0/s1. The molecule has 4 N–H and O–H groups in total. The van der Waals surface area contributed by atoms with E-state index < -0.39 is 17.4 Å². The van der Waals surface area contributed by atoms with Crippen LogP contribution in [0.15, 0.2) is 18.2 Å². The summed E-state index contributed by atoms with van der Waals surface area (Å²) in [5.74, 6) is -0.481. The van der Waals surface area contributed by atoms with Crippen molar-refractivity contribution < 1.29 is 19.4 Å². The third-order valence-corrected chi connectivity index (χ3v) is 5.16. The summed E-state index contributed by atoms with van der Waals surface area (Å²) in [6.45, 7) is 4.05. The van der Waals surface area contributed by atoms with E-state index in [1.54, 1.807) is 13.2 Å². The van der Waals surface area contributed by atoms with Crippen molar-refractivity contribution in [2.24, 2.45) is 5.73 Å². The highest BCUT2D eigenvalue weighted by Crippen LogP contribution is 2.44. The second kappa shape index (κ2) is 6.58. The molecule has 0 aromatic heterocycles. The first-order valence-electron chi connectivity index (χ1n) is 7.85. The topological polar surface area (TPSA) is 102 Å². The van der Waals surface area contributed by atoms with Crippen molar-refractivity contribution in [1.29, 1.82) is 0 Å². The van der Waals surface area contributed by atoms with E-state index in [9.17, 15) is 14.7 Å². The van der Waals surface area contributed by atoms with Crippen LogP contribution in [0.4, 0.5) is 4.79 Å². The van der Waals surface area contributed by atoms with Crippen molar-refractivity contribution in [2.45, 2.75) is 50.7 Å². The lowest BCUT2D eigenvalue weighted by atomic mass is 9.62. The zero-order valence-electron chi connectivity index (χ0n) is 13.8. The molecule has 1 aromatic carbocycles. The second-order valence-electron chi connectivity index (χ2n) is 6.00. The molecule has 23 heavy (non-hydrogen) atoms. The Hall–Kier alpha value is -2.08. The fourth-order valence-electron chi connectivity index (χ4n) is 3.88. The minimum Gasteiger partial charge on any atom is -0.465 e. The van der Waals surface area contributed by atoms with Gasteiger partial charge in [0.2, 0.25) is 5.91 Å². The summed E-state index contributed by atoms with van der Waals surface area (Å²) in [6, 6.07) is 5.05. The molecule has 0 bridgehead atoms. The zero-order chi connectivity index (χ0) is 17.2. The third-order valence-electron chi connectivity index (χ3n) is 5.16. The quantitative estimate of drug-likeness (QED) is 0.772. The molecule has 0 saturated carbocycles. The lowest BCUT2D eigenvalue weighted by Crippen LogP contribution is -2.60. The highest BCUT2D eigenvalue weighted by Gasteiger charge is 2.47. The minimum absolute atomic E-state index is 0.252. The molecule has 2 rings (SSSR count). The summed E-state index contributed by atoms with van der Waals surface area (Å²) < 4.78 is 5.58. The lowest BCUT2D eigenvalue weighted by molar-refractivity contribution is 0.0253. The number of rotatable bonds is 5. The predicted molar refractivity (Wildman–Crippen MR) is 86.7 cm³/mol. The van der Waals surface area contributed by atoms with Crippen molar-refractivity contribution in [3.8, 4) is 0 Å². The van der Waals surface area contributed by atoms with Crippen LogP contribution in [-0.2, 0) is 16.6 Å². The fourth-order valence-corrected chi connectivity index (χ4v) is 3.88. The van der Waals surface area contributed by atoms with Crippen LogP contribution in [0.3, 0.4) is 0 Å². The van der Waals surface area contributed by atoms with Gasteiger partial charge in [0.15, 0.2) is 0 Å². The SMILES string of the molecule is CCC1(CC)c2cc(C(N)=O)ccc2C[C@H](OC)[C@@H]1NC(=O)O. The number of carbonyl (C=O) groups is 2. The molecular formula is C17H24N2O4. The number of amides is 2. The van der Waals surface area contributed by atoms with Crippen LogP contribution in [0.2, 0.25) is 0 Å². The van der Waals surface area contributed by atoms with Gasteiger partial charge in [0.1, 0.15) is 0 Å². The van der Waals surface area contributed by atoms with E-state index in [4.69, 9.17) is 10.5 Å². The molecular weight excluding hydrogens is 296 g/mol. The zero-order valence-corrected chi connectivity index (χ0v) is 13.8. The number of primary amides is 1. The highest BCUT2D eigenvalue weighted by molar-refractivity contribution is 5.93. The van der Waals surface area contributed by atoms with Crippen LogP contribution in [0.25, 0.3) is 0 Å². The van der Waals surface area contributed by atoms with Crippen LogP contribution < -0.4 is 11.1 Å². The Morgan fingerprint density at radius 1 is 1.39 bits per heavy atom. The molecule has 0 saturated heterocycles. The number of fused-ring (bicyclic) bond motifs is 1. The summed E-state index contributed by atoms with van der Waals surface area (Å²) in [4.78, 5) is 22.8. The van der Waals surface area contributed by atoms with Gasteiger partial charge in [-0.15, -0.1) is 0 Å². The second-order valence-corrected chi connectivity index (χ2v) is 6.00. The summed E-state index contributed by atoms with van der Waals surface area (Å²) in [5.41, 5.74) is 7.50. The molecule has 126 valence electrons. The molecule has 0 heterocycles. The van der Waals surface area contributed by atoms with Crippen LogP contribution in [-0.4, -0.2) is 36.4 Å². The summed E-state index contributed by atoms with van der Waals surface area (Å²) in [6.07, 6.45) is 0.723. The maximum Gasteiger partial charge on any atom is 0.404 e. The lowest BCUT2D eigenvalue weighted by Gasteiger charge is -2.48. The van der Waals surface area contributed by atoms with Gasteiger partial charge < -0.3 is 20.9 Å². The highest BCUT2D eigenvalue weighted by atomic mass is 16.5. The molecule has 1 aliphatic rings. The number of ether oxygens (including phenoxy) is 1. The number of nitrogens with two attached hydrogens (primary N) is 1. The van der Waals surface area contributed by atoms with Crippen molar-refractivity contribution in [1.82, 2.24) is 5.32 Å². The molecule has 0 fully saturated rings. The van der Waals surface area contributed by atoms with Crippen molar-refractivity contribution in [3.05, 3.63) is 34.9 Å². The number of carbonyl (C=O) groups excluding carboxylic acids is 1. The molecule has 0 aliphatic heterocycles. The molecule has 1 aromatic rings. The van der Waals surface area contributed by atoms with Crippen LogP contribution in [0.1, 0.15) is 48.2 Å². The smallest absolute Gasteiger partial charge is 0.404 e. The Balaban J connectivity index is 2.64. The molecule has 2 amide bonds. The van der Waals surface area contributed by atoms with Crippen molar-refractivity contribution in [2.75, 3.05) is 7.11 Å². The molecule has 6 nitrogen and oxygen atoms in total. The van der Waals surface area contributed by atoms with Gasteiger partial charge in [-0.05, 0) is 36.1 Å². The summed E-state index contributed by atoms with van der Waals surface area (Å²) >= 11 is 0. The van der Waals surface area contributed by atoms with Gasteiger partial charge >= 0.3 is 6.09 Å². The van der Waals surface area contributed by atoms with Crippen LogP contribution >= 0.6 is 0 Å². The van der Waals surface area contributed by atoms with Gasteiger partial charge in [-0.3, -0.25) is 4.79 Å².